The molecule has 0 aromatic carbocycles. The average Bonchev–Trinajstić information content (AvgIpc) is 1.60. The van der Waals surface area contributed by atoms with Gasteiger partial charge in [0.05, 0.1) is 0 Å². The molecule has 0 saturated heterocycles. The number of halogens is 1. The van der Waals surface area contributed by atoms with Crippen molar-refractivity contribution in [3.05, 3.63) is 23.8 Å². The van der Waals surface area contributed by atoms with Gasteiger partial charge in [-0.2, -0.15) is 0 Å². The van der Waals surface area contributed by atoms with Crippen molar-refractivity contribution >= 4 is 0 Å². The lowest BCUT2D eigenvalue weighted by Crippen LogP contribution is -2.19. The first-order valence-corrected chi connectivity index (χ1v) is 2.87. The number of allylic oxidation sites excluding steroid dienone is 2. The number of alkyl halides is 1. The van der Waals surface area contributed by atoms with Gasteiger partial charge in [0.2, 0.25) is 5.85 Å². The van der Waals surface area contributed by atoms with E-state index in [-0.39, 0.29) is 6.42 Å². The van der Waals surface area contributed by atoms with E-state index in [1.807, 2.05) is 0 Å². The van der Waals surface area contributed by atoms with Gasteiger partial charge in [-0.15, -0.1) is 0 Å². The van der Waals surface area contributed by atoms with Gasteiger partial charge in [0.25, 0.3) is 0 Å². The third kappa shape index (κ3) is 1.64. The summed E-state index contributed by atoms with van der Waals surface area (Å²) in [5.74, 6) is -2.10. The Labute approximate surface area is 53.5 Å². The van der Waals surface area contributed by atoms with Gasteiger partial charge in [-0.05, 0) is 18.6 Å². The number of rotatable bonds is 0. The molecule has 0 radical (unpaired) electrons. The van der Waals surface area contributed by atoms with Crippen molar-refractivity contribution in [2.24, 2.45) is 0 Å². The lowest BCUT2D eigenvalue weighted by molar-refractivity contribution is -0.0392. The molecule has 1 aliphatic rings. The first kappa shape index (κ1) is 6.49. The fourth-order valence-corrected chi connectivity index (χ4v) is 0.866. The maximum atomic E-state index is 12.5. The lowest BCUT2D eigenvalue weighted by Gasteiger charge is -2.15. The average molecular weight is 128 g/mol. The van der Waals surface area contributed by atoms with Gasteiger partial charge in [0.1, 0.15) is 0 Å². The second-order valence-electron chi connectivity index (χ2n) is 2.31. The van der Waals surface area contributed by atoms with E-state index in [0.29, 0.717) is 0 Å². The van der Waals surface area contributed by atoms with Crippen molar-refractivity contribution in [1.29, 1.82) is 0 Å². The zero-order valence-electron chi connectivity index (χ0n) is 5.26. The van der Waals surface area contributed by atoms with Gasteiger partial charge in [-0.25, -0.2) is 4.39 Å². The van der Waals surface area contributed by atoms with Crippen LogP contribution in [0.5, 0.6) is 0 Å². The fraction of sp³-hybridized carbons (Fsp3) is 0.429. The standard InChI is InChI=1S/C7H9FO/c1-6-3-2-4-7(8,9)5-6/h2-3,5,9H,4H2,1H3. The SMILES string of the molecule is CC1=CC(O)(F)CC=C1. The summed E-state index contributed by atoms with van der Waals surface area (Å²) in [5, 5.41) is 8.75. The third-order valence-electron chi connectivity index (χ3n) is 1.23. The highest BCUT2D eigenvalue weighted by molar-refractivity contribution is 5.24. The van der Waals surface area contributed by atoms with Gasteiger partial charge in [0, 0.05) is 6.42 Å². The van der Waals surface area contributed by atoms with Crippen molar-refractivity contribution in [2.45, 2.75) is 19.2 Å². The molecule has 1 unspecified atom stereocenters. The smallest absolute Gasteiger partial charge is 0.230 e. The van der Waals surface area contributed by atoms with Crippen LogP contribution in [0.3, 0.4) is 0 Å². The van der Waals surface area contributed by atoms with E-state index >= 15 is 0 Å². The molecule has 1 atom stereocenters. The molecule has 0 spiro atoms. The maximum absolute atomic E-state index is 12.5. The molecule has 0 aliphatic heterocycles. The Hall–Kier alpha value is -0.630. The topological polar surface area (TPSA) is 20.2 Å². The fourth-order valence-electron chi connectivity index (χ4n) is 0.866. The molecule has 9 heavy (non-hydrogen) atoms. The van der Waals surface area contributed by atoms with E-state index in [0.717, 1.165) is 5.57 Å². The molecule has 50 valence electrons. The second kappa shape index (κ2) is 1.95. The maximum Gasteiger partial charge on any atom is 0.230 e. The van der Waals surface area contributed by atoms with Crippen molar-refractivity contribution in [3.8, 4) is 0 Å². The van der Waals surface area contributed by atoms with Crippen molar-refractivity contribution in [1.82, 2.24) is 0 Å². The van der Waals surface area contributed by atoms with E-state index in [2.05, 4.69) is 0 Å². The van der Waals surface area contributed by atoms with Crippen LogP contribution in [-0.2, 0) is 0 Å². The Morgan fingerprint density at radius 1 is 1.78 bits per heavy atom. The first-order valence-electron chi connectivity index (χ1n) is 2.87. The zero-order chi connectivity index (χ0) is 6.91. The molecule has 0 aromatic heterocycles. The largest absolute Gasteiger partial charge is 0.358 e. The summed E-state index contributed by atoms with van der Waals surface area (Å²) in [4.78, 5) is 0. The van der Waals surface area contributed by atoms with Crippen LogP contribution < -0.4 is 0 Å². The molecule has 1 rings (SSSR count). The molecule has 0 heterocycles. The predicted molar refractivity (Wildman–Crippen MR) is 33.6 cm³/mol. The summed E-state index contributed by atoms with van der Waals surface area (Å²) in [5.41, 5.74) is 0.770. The summed E-state index contributed by atoms with van der Waals surface area (Å²) < 4.78 is 12.5. The van der Waals surface area contributed by atoms with Gasteiger partial charge in [0.15, 0.2) is 0 Å². The quantitative estimate of drug-likeness (QED) is 0.524. The van der Waals surface area contributed by atoms with Crippen molar-refractivity contribution in [2.75, 3.05) is 0 Å². The monoisotopic (exact) mass is 128 g/mol. The Morgan fingerprint density at radius 3 is 2.78 bits per heavy atom. The van der Waals surface area contributed by atoms with Crippen LogP contribution in [0.2, 0.25) is 0 Å². The van der Waals surface area contributed by atoms with Crippen LogP contribution in [0, 0.1) is 0 Å². The zero-order valence-corrected chi connectivity index (χ0v) is 5.26. The van der Waals surface area contributed by atoms with Crippen LogP contribution in [0.4, 0.5) is 4.39 Å². The molecule has 0 aromatic rings. The molecule has 0 bridgehead atoms. The Bertz CT molecular complexity index is 168. The minimum absolute atomic E-state index is 0.0737. The van der Waals surface area contributed by atoms with Crippen LogP contribution in [0.25, 0.3) is 0 Å². The molecule has 0 amide bonds. The van der Waals surface area contributed by atoms with E-state index < -0.39 is 5.85 Å². The summed E-state index contributed by atoms with van der Waals surface area (Å²) in [6, 6.07) is 0. The van der Waals surface area contributed by atoms with E-state index in [1.54, 1.807) is 19.1 Å². The number of hydrogen-bond acceptors (Lipinski definition) is 1. The van der Waals surface area contributed by atoms with Crippen LogP contribution in [0.15, 0.2) is 23.8 Å². The van der Waals surface area contributed by atoms with Crippen molar-refractivity contribution in [3.63, 3.8) is 0 Å². The van der Waals surface area contributed by atoms with Gasteiger partial charge >= 0.3 is 0 Å². The number of aliphatic hydroxyl groups is 1. The highest BCUT2D eigenvalue weighted by atomic mass is 19.2. The van der Waals surface area contributed by atoms with Crippen molar-refractivity contribution < 1.29 is 9.50 Å². The Balaban J connectivity index is 2.78. The van der Waals surface area contributed by atoms with E-state index in [1.165, 1.54) is 6.08 Å². The third-order valence-corrected chi connectivity index (χ3v) is 1.23. The number of hydrogen-bond donors (Lipinski definition) is 1. The molecule has 0 saturated carbocycles. The first-order chi connectivity index (χ1) is 4.10. The highest BCUT2D eigenvalue weighted by Gasteiger charge is 2.22. The summed E-state index contributed by atoms with van der Waals surface area (Å²) >= 11 is 0. The molecule has 1 N–H and O–H groups in total. The minimum Gasteiger partial charge on any atom is -0.358 e. The van der Waals surface area contributed by atoms with Crippen LogP contribution in [0.1, 0.15) is 13.3 Å². The summed E-state index contributed by atoms with van der Waals surface area (Å²) in [7, 11) is 0. The molecule has 1 nitrogen and oxygen atoms in total. The molecular weight excluding hydrogens is 119 g/mol. The molecule has 2 heteroatoms. The Kier molecular flexibility index (Phi) is 1.41. The lowest BCUT2D eigenvalue weighted by atomic mass is 10.0. The normalized spacial score (nSPS) is 34.3. The summed E-state index contributed by atoms with van der Waals surface area (Å²) in [6.07, 6.45) is 4.70. The van der Waals surface area contributed by atoms with E-state index in [4.69, 9.17) is 5.11 Å². The van der Waals surface area contributed by atoms with Gasteiger partial charge in [-0.3, -0.25) is 0 Å². The second-order valence-corrected chi connectivity index (χ2v) is 2.31. The predicted octanol–water partition coefficient (Wildman–Crippen LogP) is 1.55. The van der Waals surface area contributed by atoms with Crippen LogP contribution >= 0.6 is 0 Å². The highest BCUT2D eigenvalue weighted by Crippen LogP contribution is 2.21. The van der Waals surface area contributed by atoms with E-state index in [9.17, 15) is 4.39 Å². The molecular formula is C7H9FO. The molecule has 1 aliphatic carbocycles. The van der Waals surface area contributed by atoms with Crippen LogP contribution in [-0.4, -0.2) is 11.0 Å². The van der Waals surface area contributed by atoms with Gasteiger partial charge < -0.3 is 5.11 Å². The summed E-state index contributed by atoms with van der Waals surface area (Å²) in [6.45, 7) is 1.75. The Morgan fingerprint density at radius 2 is 2.44 bits per heavy atom. The minimum atomic E-state index is -2.10. The molecule has 0 fully saturated rings. The van der Waals surface area contributed by atoms with Gasteiger partial charge in [-0.1, -0.05) is 12.2 Å².